The molecule has 20 heavy (non-hydrogen) atoms. The van der Waals surface area contributed by atoms with Crippen molar-refractivity contribution in [2.24, 2.45) is 0 Å². The molecule has 102 valence electrons. The van der Waals surface area contributed by atoms with Crippen LogP contribution in [0.3, 0.4) is 0 Å². The molecule has 1 fully saturated rings. The summed E-state index contributed by atoms with van der Waals surface area (Å²) in [4.78, 5) is 22.9. The van der Waals surface area contributed by atoms with Gasteiger partial charge in [-0.25, -0.2) is 9.59 Å². The molecule has 1 saturated heterocycles. The highest BCUT2D eigenvalue weighted by atomic mass is 16.6. The van der Waals surface area contributed by atoms with Crippen LogP contribution >= 0.6 is 0 Å². The number of para-hydroxylation sites is 1. The predicted molar refractivity (Wildman–Crippen MR) is 71.6 cm³/mol. The maximum Gasteiger partial charge on any atom is 0.379 e. The van der Waals surface area contributed by atoms with Gasteiger partial charge >= 0.3 is 11.6 Å². The van der Waals surface area contributed by atoms with E-state index in [2.05, 4.69) is 6.58 Å². The molecule has 2 heterocycles. The van der Waals surface area contributed by atoms with Crippen molar-refractivity contribution in [3.63, 3.8) is 0 Å². The fourth-order valence-corrected chi connectivity index (χ4v) is 2.05. The molecule has 3 rings (SSSR count). The molecule has 0 bridgehead atoms. The fraction of sp³-hybridized carbons (Fsp3) is 0.200. The second kappa shape index (κ2) is 4.85. The lowest BCUT2D eigenvalue weighted by Gasteiger charge is -2.10. The van der Waals surface area contributed by atoms with Crippen molar-refractivity contribution in [1.29, 1.82) is 0 Å². The van der Waals surface area contributed by atoms with E-state index in [0.29, 0.717) is 17.6 Å². The van der Waals surface area contributed by atoms with Gasteiger partial charge in [0.05, 0.1) is 0 Å². The van der Waals surface area contributed by atoms with Crippen LogP contribution in [0.5, 0.6) is 5.75 Å². The summed E-state index contributed by atoms with van der Waals surface area (Å²) >= 11 is 0. The molecule has 5 heteroatoms. The van der Waals surface area contributed by atoms with E-state index in [4.69, 9.17) is 13.9 Å². The molecular formula is C15H12O5. The third kappa shape index (κ3) is 2.30. The van der Waals surface area contributed by atoms with Gasteiger partial charge in [0.25, 0.3) is 0 Å². The summed E-state index contributed by atoms with van der Waals surface area (Å²) in [5.74, 6) is -0.304. The van der Waals surface area contributed by atoms with Crippen molar-refractivity contribution in [1.82, 2.24) is 0 Å². The third-order valence-electron chi connectivity index (χ3n) is 3.07. The van der Waals surface area contributed by atoms with Gasteiger partial charge in [0.15, 0.2) is 0 Å². The summed E-state index contributed by atoms with van der Waals surface area (Å²) in [6, 6.07) is 8.78. The number of benzene rings is 1. The Morgan fingerprint density at radius 3 is 2.85 bits per heavy atom. The number of esters is 1. The molecule has 5 nitrogen and oxygen atoms in total. The molecule has 1 unspecified atom stereocenters. The molecule has 0 radical (unpaired) electrons. The molecule has 0 saturated carbocycles. The highest BCUT2D eigenvalue weighted by Gasteiger charge is 2.28. The Morgan fingerprint density at radius 2 is 2.10 bits per heavy atom. The Bertz CT molecular complexity index is 727. The van der Waals surface area contributed by atoms with Crippen molar-refractivity contribution in [2.75, 3.05) is 6.61 Å². The van der Waals surface area contributed by atoms with E-state index < -0.39 is 17.7 Å². The number of hydrogen-bond donors (Lipinski definition) is 0. The molecule has 1 aliphatic heterocycles. The van der Waals surface area contributed by atoms with Crippen molar-refractivity contribution in [3.05, 3.63) is 52.9 Å². The largest absolute Gasteiger partial charge is 0.483 e. The van der Waals surface area contributed by atoms with Gasteiger partial charge in [0.1, 0.15) is 18.3 Å². The Hall–Kier alpha value is -2.56. The van der Waals surface area contributed by atoms with E-state index in [1.165, 1.54) is 0 Å². The van der Waals surface area contributed by atoms with Crippen molar-refractivity contribution in [2.45, 2.75) is 12.5 Å². The molecule has 0 spiro atoms. The zero-order valence-corrected chi connectivity index (χ0v) is 10.6. The van der Waals surface area contributed by atoms with E-state index >= 15 is 0 Å². The van der Waals surface area contributed by atoms with E-state index in [1.807, 2.05) is 12.1 Å². The quantitative estimate of drug-likeness (QED) is 0.486. The summed E-state index contributed by atoms with van der Waals surface area (Å²) in [5, 5.41) is 0.773. The van der Waals surface area contributed by atoms with Crippen LogP contribution in [0.1, 0.15) is 6.42 Å². The highest BCUT2D eigenvalue weighted by Crippen LogP contribution is 2.20. The molecule has 1 aliphatic rings. The minimum Gasteiger partial charge on any atom is -0.483 e. The SMILES string of the molecule is C=C1CC(COc2cc3ccccc3oc2=O)OC1=O. The molecule has 2 aromatic rings. The van der Waals surface area contributed by atoms with Crippen LogP contribution in [-0.4, -0.2) is 18.7 Å². The molecule has 0 N–H and O–H groups in total. The van der Waals surface area contributed by atoms with Gasteiger partial charge in [0, 0.05) is 17.4 Å². The molecule has 0 aliphatic carbocycles. The van der Waals surface area contributed by atoms with Gasteiger partial charge in [-0.3, -0.25) is 0 Å². The fourth-order valence-electron chi connectivity index (χ4n) is 2.05. The maximum atomic E-state index is 11.7. The van der Waals surface area contributed by atoms with Crippen LogP contribution in [0.4, 0.5) is 0 Å². The van der Waals surface area contributed by atoms with E-state index in [-0.39, 0.29) is 12.4 Å². The van der Waals surface area contributed by atoms with Crippen LogP contribution in [0.15, 0.2) is 51.7 Å². The van der Waals surface area contributed by atoms with Gasteiger partial charge in [-0.1, -0.05) is 24.8 Å². The number of carbonyl (C=O) groups is 1. The minimum absolute atomic E-state index is 0.105. The summed E-state index contributed by atoms with van der Waals surface area (Å²) in [5.41, 5.74) is 0.376. The second-order valence-corrected chi connectivity index (χ2v) is 4.58. The van der Waals surface area contributed by atoms with Crippen LogP contribution in [0, 0.1) is 0 Å². The summed E-state index contributed by atoms with van der Waals surface area (Å²) in [7, 11) is 0. The Kier molecular flexibility index (Phi) is 3.02. The average molecular weight is 272 g/mol. The smallest absolute Gasteiger partial charge is 0.379 e. The zero-order valence-electron chi connectivity index (χ0n) is 10.6. The Morgan fingerprint density at radius 1 is 1.30 bits per heavy atom. The predicted octanol–water partition coefficient (Wildman–Crippen LogP) is 2.04. The van der Waals surface area contributed by atoms with Crippen molar-refractivity contribution in [3.8, 4) is 5.75 Å². The molecule has 0 amide bonds. The number of cyclic esters (lactones) is 1. The van der Waals surface area contributed by atoms with E-state index in [0.717, 1.165) is 5.39 Å². The van der Waals surface area contributed by atoms with Crippen LogP contribution in [0.25, 0.3) is 11.0 Å². The minimum atomic E-state index is -0.549. The number of carbonyl (C=O) groups excluding carboxylic acids is 1. The first-order chi connectivity index (χ1) is 9.63. The lowest BCUT2D eigenvalue weighted by atomic mass is 10.2. The number of rotatable bonds is 3. The van der Waals surface area contributed by atoms with Gasteiger partial charge < -0.3 is 13.9 Å². The number of hydrogen-bond acceptors (Lipinski definition) is 5. The average Bonchev–Trinajstić information content (AvgIpc) is 2.75. The second-order valence-electron chi connectivity index (χ2n) is 4.58. The number of ether oxygens (including phenoxy) is 2. The first kappa shape index (κ1) is 12.5. The lowest BCUT2D eigenvalue weighted by Crippen LogP contribution is -2.19. The molecular weight excluding hydrogens is 260 g/mol. The third-order valence-corrected chi connectivity index (χ3v) is 3.07. The summed E-state index contributed by atoms with van der Waals surface area (Å²) < 4.78 is 15.6. The van der Waals surface area contributed by atoms with Gasteiger partial charge in [-0.15, -0.1) is 0 Å². The van der Waals surface area contributed by atoms with Crippen molar-refractivity contribution >= 4 is 16.9 Å². The van der Waals surface area contributed by atoms with Gasteiger partial charge in [-0.05, 0) is 12.1 Å². The maximum absolute atomic E-state index is 11.7. The highest BCUT2D eigenvalue weighted by molar-refractivity contribution is 5.89. The van der Waals surface area contributed by atoms with E-state index in [9.17, 15) is 9.59 Å². The van der Waals surface area contributed by atoms with Crippen LogP contribution < -0.4 is 10.4 Å². The summed E-state index contributed by atoms with van der Waals surface area (Å²) in [6.45, 7) is 3.69. The first-order valence-electron chi connectivity index (χ1n) is 6.18. The van der Waals surface area contributed by atoms with Crippen molar-refractivity contribution < 1.29 is 18.7 Å². The normalized spacial score (nSPS) is 18.3. The lowest BCUT2D eigenvalue weighted by molar-refractivity contribution is -0.139. The summed E-state index contributed by atoms with van der Waals surface area (Å²) in [6.07, 6.45) is 0.0125. The first-order valence-corrected chi connectivity index (χ1v) is 6.18. The monoisotopic (exact) mass is 272 g/mol. The van der Waals surface area contributed by atoms with E-state index in [1.54, 1.807) is 18.2 Å². The Balaban J connectivity index is 1.78. The zero-order chi connectivity index (χ0) is 14.1. The number of fused-ring (bicyclic) bond motifs is 1. The van der Waals surface area contributed by atoms with Crippen LogP contribution in [0.2, 0.25) is 0 Å². The van der Waals surface area contributed by atoms with Gasteiger partial charge in [-0.2, -0.15) is 0 Å². The molecule has 1 aromatic heterocycles. The molecule has 1 aromatic carbocycles. The topological polar surface area (TPSA) is 65.7 Å². The molecule has 1 atom stereocenters. The van der Waals surface area contributed by atoms with Gasteiger partial charge in [0.2, 0.25) is 5.75 Å². The Labute approximate surface area is 114 Å². The van der Waals surface area contributed by atoms with Crippen LogP contribution in [-0.2, 0) is 9.53 Å². The standard InChI is InChI=1S/C15H12O5/c1-9-6-11(19-14(9)16)8-18-13-7-10-4-2-3-5-12(10)20-15(13)17/h2-5,7,11H,1,6,8H2.